The van der Waals surface area contributed by atoms with Gasteiger partial charge in [0.25, 0.3) is 11.8 Å². The van der Waals surface area contributed by atoms with Crippen LogP contribution >= 0.6 is 0 Å². The van der Waals surface area contributed by atoms with Crippen molar-refractivity contribution in [1.29, 1.82) is 0 Å². The third-order valence-electron chi connectivity index (χ3n) is 3.45. The van der Waals surface area contributed by atoms with Crippen LogP contribution in [0.5, 0.6) is 0 Å². The number of carbonyl (C=O) groups is 3. The zero-order valence-electron chi connectivity index (χ0n) is 11.1. The Morgan fingerprint density at radius 3 is 2.63 bits per heavy atom. The molecule has 0 radical (unpaired) electrons. The number of likely N-dealkylation sites (tertiary alicyclic amines) is 1. The first-order valence-electron chi connectivity index (χ1n) is 6.64. The summed E-state index contributed by atoms with van der Waals surface area (Å²) in [5.74, 6) is 0.0195. The van der Waals surface area contributed by atoms with Crippen molar-refractivity contribution < 1.29 is 14.4 Å². The number of amides is 4. The SMILES string of the molecule is CC1CCN(C(=O)NCCCN2C(=O)C=CC2=O)C1. The van der Waals surface area contributed by atoms with Gasteiger partial charge in [-0.1, -0.05) is 6.92 Å². The topological polar surface area (TPSA) is 69.7 Å². The molecule has 2 rings (SSSR count). The minimum absolute atomic E-state index is 0.0541. The summed E-state index contributed by atoms with van der Waals surface area (Å²) in [6.45, 7) is 4.56. The molecule has 104 valence electrons. The van der Waals surface area contributed by atoms with Gasteiger partial charge in [0.05, 0.1) is 0 Å². The Bertz CT molecular complexity index is 401. The van der Waals surface area contributed by atoms with Gasteiger partial charge in [0.15, 0.2) is 0 Å². The molecule has 1 saturated heterocycles. The molecule has 2 heterocycles. The Morgan fingerprint density at radius 1 is 1.37 bits per heavy atom. The molecule has 0 aromatic rings. The number of nitrogens with one attached hydrogen (secondary N) is 1. The number of urea groups is 1. The number of hydrogen-bond donors (Lipinski definition) is 1. The molecule has 0 spiro atoms. The summed E-state index contributed by atoms with van der Waals surface area (Å²) in [6.07, 6.45) is 4.17. The molecule has 0 bridgehead atoms. The first-order valence-corrected chi connectivity index (χ1v) is 6.64. The van der Waals surface area contributed by atoms with Gasteiger partial charge in [-0.2, -0.15) is 0 Å². The highest BCUT2D eigenvalue weighted by atomic mass is 16.2. The quantitative estimate of drug-likeness (QED) is 0.589. The van der Waals surface area contributed by atoms with Crippen LogP contribution in [-0.2, 0) is 9.59 Å². The Kier molecular flexibility index (Phi) is 4.19. The highest BCUT2D eigenvalue weighted by molar-refractivity contribution is 6.12. The predicted octanol–water partition coefficient (Wildman–Crippen LogP) is 0.353. The maximum absolute atomic E-state index is 11.8. The van der Waals surface area contributed by atoms with E-state index >= 15 is 0 Å². The van der Waals surface area contributed by atoms with Crippen LogP contribution in [0.25, 0.3) is 0 Å². The summed E-state index contributed by atoms with van der Waals surface area (Å²) in [5.41, 5.74) is 0. The maximum Gasteiger partial charge on any atom is 0.317 e. The lowest BCUT2D eigenvalue weighted by Gasteiger charge is -2.18. The molecule has 0 aromatic heterocycles. The molecule has 1 fully saturated rings. The summed E-state index contributed by atoms with van der Waals surface area (Å²) in [6, 6.07) is -0.0541. The normalized spacial score (nSPS) is 22.5. The third kappa shape index (κ3) is 3.33. The van der Waals surface area contributed by atoms with Crippen LogP contribution < -0.4 is 5.32 Å². The molecule has 0 aliphatic carbocycles. The van der Waals surface area contributed by atoms with Crippen molar-refractivity contribution in [2.24, 2.45) is 5.92 Å². The van der Waals surface area contributed by atoms with E-state index in [1.54, 1.807) is 4.90 Å². The van der Waals surface area contributed by atoms with Crippen molar-refractivity contribution in [3.05, 3.63) is 12.2 Å². The van der Waals surface area contributed by atoms with E-state index in [-0.39, 0.29) is 17.8 Å². The number of imide groups is 1. The Balaban J connectivity index is 1.63. The molecule has 4 amide bonds. The average molecular weight is 265 g/mol. The van der Waals surface area contributed by atoms with Crippen molar-refractivity contribution in [3.63, 3.8) is 0 Å². The van der Waals surface area contributed by atoms with E-state index < -0.39 is 0 Å². The second-order valence-corrected chi connectivity index (χ2v) is 5.09. The largest absolute Gasteiger partial charge is 0.338 e. The molecule has 0 saturated carbocycles. The molecule has 1 N–H and O–H groups in total. The van der Waals surface area contributed by atoms with Crippen molar-refractivity contribution in [3.8, 4) is 0 Å². The number of hydrogen-bond acceptors (Lipinski definition) is 3. The van der Waals surface area contributed by atoms with Crippen LogP contribution in [0.4, 0.5) is 4.79 Å². The summed E-state index contributed by atoms with van der Waals surface area (Å²) >= 11 is 0. The van der Waals surface area contributed by atoms with Crippen LogP contribution in [0.15, 0.2) is 12.2 Å². The van der Waals surface area contributed by atoms with Gasteiger partial charge in [-0.05, 0) is 18.8 Å². The molecule has 2 aliphatic heterocycles. The highest BCUT2D eigenvalue weighted by Gasteiger charge is 2.24. The van der Waals surface area contributed by atoms with E-state index in [0.717, 1.165) is 19.5 Å². The molecule has 1 atom stereocenters. The third-order valence-corrected chi connectivity index (χ3v) is 3.45. The van der Waals surface area contributed by atoms with E-state index in [0.29, 0.717) is 25.4 Å². The average Bonchev–Trinajstić information content (AvgIpc) is 2.94. The van der Waals surface area contributed by atoms with E-state index in [1.165, 1.54) is 17.1 Å². The summed E-state index contributed by atoms with van der Waals surface area (Å²) in [7, 11) is 0. The van der Waals surface area contributed by atoms with Crippen LogP contribution in [0, 0.1) is 5.92 Å². The van der Waals surface area contributed by atoms with Crippen molar-refractivity contribution in [2.45, 2.75) is 19.8 Å². The first kappa shape index (κ1) is 13.6. The standard InChI is InChI=1S/C13H19N3O3/c1-10-5-8-15(9-10)13(19)14-6-2-7-16-11(17)3-4-12(16)18/h3-4,10H,2,5-9H2,1H3,(H,14,19). The van der Waals surface area contributed by atoms with Gasteiger partial charge in [0, 0.05) is 38.3 Å². The van der Waals surface area contributed by atoms with E-state index in [1.807, 2.05) is 0 Å². The van der Waals surface area contributed by atoms with Gasteiger partial charge >= 0.3 is 6.03 Å². The minimum Gasteiger partial charge on any atom is -0.338 e. The van der Waals surface area contributed by atoms with Crippen LogP contribution in [-0.4, -0.2) is 53.8 Å². The summed E-state index contributed by atoms with van der Waals surface area (Å²) in [4.78, 5) is 37.3. The maximum atomic E-state index is 11.8. The molecule has 1 unspecified atom stereocenters. The highest BCUT2D eigenvalue weighted by Crippen LogP contribution is 2.14. The summed E-state index contributed by atoms with van der Waals surface area (Å²) < 4.78 is 0. The summed E-state index contributed by atoms with van der Waals surface area (Å²) in [5, 5.41) is 2.82. The van der Waals surface area contributed by atoms with Gasteiger partial charge in [0.1, 0.15) is 0 Å². The van der Waals surface area contributed by atoms with E-state index in [9.17, 15) is 14.4 Å². The van der Waals surface area contributed by atoms with Crippen LogP contribution in [0.2, 0.25) is 0 Å². The zero-order chi connectivity index (χ0) is 13.8. The Hall–Kier alpha value is -1.85. The molecular weight excluding hydrogens is 246 g/mol. The lowest BCUT2D eigenvalue weighted by atomic mass is 10.2. The van der Waals surface area contributed by atoms with Crippen molar-refractivity contribution >= 4 is 17.8 Å². The van der Waals surface area contributed by atoms with Gasteiger partial charge < -0.3 is 10.2 Å². The van der Waals surface area contributed by atoms with E-state index in [2.05, 4.69) is 12.2 Å². The molecule has 6 heteroatoms. The fourth-order valence-corrected chi connectivity index (χ4v) is 2.32. The number of rotatable bonds is 4. The number of nitrogens with zero attached hydrogens (tertiary/aromatic N) is 2. The lowest BCUT2D eigenvalue weighted by molar-refractivity contribution is -0.136. The van der Waals surface area contributed by atoms with Gasteiger partial charge in [0.2, 0.25) is 0 Å². The fourth-order valence-electron chi connectivity index (χ4n) is 2.32. The van der Waals surface area contributed by atoms with Gasteiger partial charge in [-0.3, -0.25) is 14.5 Å². The fraction of sp³-hybridized carbons (Fsp3) is 0.615. The van der Waals surface area contributed by atoms with Crippen LogP contribution in [0.1, 0.15) is 19.8 Å². The molecule has 6 nitrogen and oxygen atoms in total. The second-order valence-electron chi connectivity index (χ2n) is 5.09. The number of carbonyl (C=O) groups excluding carboxylic acids is 3. The van der Waals surface area contributed by atoms with Gasteiger partial charge in [-0.25, -0.2) is 4.79 Å². The first-order chi connectivity index (χ1) is 9.08. The second kappa shape index (κ2) is 5.86. The Morgan fingerprint density at radius 2 is 2.05 bits per heavy atom. The molecule has 0 aromatic carbocycles. The molecular formula is C13H19N3O3. The lowest BCUT2D eigenvalue weighted by Crippen LogP contribution is -2.40. The van der Waals surface area contributed by atoms with Crippen molar-refractivity contribution in [2.75, 3.05) is 26.2 Å². The molecule has 2 aliphatic rings. The minimum atomic E-state index is -0.273. The smallest absolute Gasteiger partial charge is 0.317 e. The Labute approximate surface area is 112 Å². The monoisotopic (exact) mass is 265 g/mol. The zero-order valence-corrected chi connectivity index (χ0v) is 11.1. The predicted molar refractivity (Wildman–Crippen MR) is 69.2 cm³/mol. The van der Waals surface area contributed by atoms with Crippen molar-refractivity contribution in [1.82, 2.24) is 15.1 Å². The van der Waals surface area contributed by atoms with Crippen LogP contribution in [0.3, 0.4) is 0 Å². The van der Waals surface area contributed by atoms with E-state index in [4.69, 9.17) is 0 Å². The molecule has 19 heavy (non-hydrogen) atoms. The van der Waals surface area contributed by atoms with Gasteiger partial charge in [-0.15, -0.1) is 0 Å².